The molecular weight excluding hydrogens is 280 g/mol. The standard InChI is InChI=1S/C13H16N2O6/c1-2-9-3-4-10(7-11(9)15(19)20)13(18)14-5-6-21-8-12(16)17/h3-4,7H,2,5-6,8H2,1H3,(H,14,18)(H,16,17). The lowest BCUT2D eigenvalue weighted by Gasteiger charge is -2.06. The molecule has 1 aromatic rings. The van der Waals surface area contributed by atoms with Crippen LogP contribution < -0.4 is 5.32 Å². The maximum atomic E-state index is 11.8. The van der Waals surface area contributed by atoms with Gasteiger partial charge in [-0.1, -0.05) is 13.0 Å². The first-order valence-electron chi connectivity index (χ1n) is 6.30. The number of carbonyl (C=O) groups excluding carboxylic acids is 1. The molecule has 0 aliphatic heterocycles. The van der Waals surface area contributed by atoms with Gasteiger partial charge in [0.05, 0.1) is 11.5 Å². The van der Waals surface area contributed by atoms with E-state index in [0.717, 1.165) is 0 Å². The molecule has 0 heterocycles. The molecule has 1 amide bonds. The molecule has 8 heteroatoms. The molecular formula is C13H16N2O6. The van der Waals surface area contributed by atoms with Crippen LogP contribution in [-0.4, -0.2) is 41.7 Å². The summed E-state index contributed by atoms with van der Waals surface area (Å²) in [5.41, 5.74) is 0.644. The summed E-state index contributed by atoms with van der Waals surface area (Å²) < 4.78 is 4.76. The van der Waals surface area contributed by atoms with Gasteiger partial charge >= 0.3 is 5.97 Å². The van der Waals surface area contributed by atoms with Gasteiger partial charge in [-0.25, -0.2) is 4.79 Å². The molecule has 8 nitrogen and oxygen atoms in total. The number of amides is 1. The second-order valence-electron chi connectivity index (χ2n) is 4.16. The second kappa shape index (κ2) is 7.95. The minimum atomic E-state index is -1.09. The number of carbonyl (C=O) groups is 2. The molecule has 0 aliphatic rings. The Labute approximate surface area is 120 Å². The first-order chi connectivity index (χ1) is 9.95. The van der Waals surface area contributed by atoms with E-state index in [1.54, 1.807) is 13.0 Å². The number of nitrogens with one attached hydrogen (secondary N) is 1. The predicted octanol–water partition coefficient (Wildman–Crippen LogP) is 0.988. The molecule has 2 N–H and O–H groups in total. The van der Waals surface area contributed by atoms with Crippen molar-refractivity contribution in [3.8, 4) is 0 Å². The van der Waals surface area contributed by atoms with Crippen LogP contribution in [0.3, 0.4) is 0 Å². The molecule has 0 aromatic heterocycles. The van der Waals surface area contributed by atoms with Crippen molar-refractivity contribution in [1.82, 2.24) is 5.32 Å². The van der Waals surface area contributed by atoms with Gasteiger partial charge in [0, 0.05) is 23.7 Å². The number of ether oxygens (including phenoxy) is 1. The highest BCUT2D eigenvalue weighted by atomic mass is 16.6. The Morgan fingerprint density at radius 1 is 1.43 bits per heavy atom. The molecule has 0 atom stereocenters. The van der Waals surface area contributed by atoms with Crippen molar-refractivity contribution in [2.75, 3.05) is 19.8 Å². The Morgan fingerprint density at radius 2 is 2.14 bits per heavy atom. The van der Waals surface area contributed by atoms with Gasteiger partial charge in [0.25, 0.3) is 11.6 Å². The lowest BCUT2D eigenvalue weighted by molar-refractivity contribution is -0.385. The smallest absolute Gasteiger partial charge is 0.329 e. The van der Waals surface area contributed by atoms with Crippen LogP contribution in [0.1, 0.15) is 22.8 Å². The number of nitro benzene ring substituents is 1. The fourth-order valence-electron chi connectivity index (χ4n) is 1.67. The van der Waals surface area contributed by atoms with Crippen LogP contribution in [0.15, 0.2) is 18.2 Å². The van der Waals surface area contributed by atoms with Crippen LogP contribution >= 0.6 is 0 Å². The van der Waals surface area contributed by atoms with E-state index < -0.39 is 23.4 Å². The number of aliphatic carboxylic acids is 1. The molecule has 0 bridgehead atoms. The molecule has 1 aromatic carbocycles. The highest BCUT2D eigenvalue weighted by Crippen LogP contribution is 2.20. The average Bonchev–Trinajstić information content (AvgIpc) is 2.45. The fourth-order valence-corrected chi connectivity index (χ4v) is 1.67. The Morgan fingerprint density at radius 3 is 2.71 bits per heavy atom. The van der Waals surface area contributed by atoms with Gasteiger partial charge in [0.15, 0.2) is 0 Å². The molecule has 0 spiro atoms. The molecule has 0 fully saturated rings. The zero-order valence-electron chi connectivity index (χ0n) is 11.5. The number of rotatable bonds is 8. The van der Waals surface area contributed by atoms with Crippen molar-refractivity contribution in [2.24, 2.45) is 0 Å². The topological polar surface area (TPSA) is 119 Å². The van der Waals surface area contributed by atoms with E-state index in [4.69, 9.17) is 9.84 Å². The Hall–Kier alpha value is -2.48. The van der Waals surface area contributed by atoms with E-state index in [9.17, 15) is 19.7 Å². The van der Waals surface area contributed by atoms with Gasteiger partial charge in [0.1, 0.15) is 6.61 Å². The Bertz CT molecular complexity index is 543. The minimum absolute atomic E-state index is 0.0488. The molecule has 0 unspecified atom stereocenters. The summed E-state index contributed by atoms with van der Waals surface area (Å²) in [4.78, 5) is 32.4. The summed E-state index contributed by atoms with van der Waals surface area (Å²) in [7, 11) is 0. The van der Waals surface area contributed by atoms with Gasteiger partial charge in [0.2, 0.25) is 0 Å². The summed E-state index contributed by atoms with van der Waals surface area (Å²) in [5, 5.41) is 21.8. The monoisotopic (exact) mass is 296 g/mol. The molecule has 114 valence electrons. The van der Waals surface area contributed by atoms with Gasteiger partial charge in [-0.05, 0) is 12.5 Å². The second-order valence-corrected chi connectivity index (χ2v) is 4.16. The highest BCUT2D eigenvalue weighted by molar-refractivity contribution is 5.95. The number of benzene rings is 1. The van der Waals surface area contributed by atoms with Crippen LogP contribution in [0.25, 0.3) is 0 Å². The fraction of sp³-hybridized carbons (Fsp3) is 0.385. The molecule has 0 aliphatic carbocycles. The lowest BCUT2D eigenvalue weighted by atomic mass is 10.1. The molecule has 0 saturated heterocycles. The van der Waals surface area contributed by atoms with Gasteiger partial charge < -0.3 is 15.2 Å². The normalized spacial score (nSPS) is 10.1. The zero-order chi connectivity index (χ0) is 15.8. The average molecular weight is 296 g/mol. The summed E-state index contributed by atoms with van der Waals surface area (Å²) in [6.45, 7) is 1.52. The van der Waals surface area contributed by atoms with Crippen molar-refractivity contribution in [3.05, 3.63) is 39.4 Å². The summed E-state index contributed by atoms with van der Waals surface area (Å²) >= 11 is 0. The maximum Gasteiger partial charge on any atom is 0.329 e. The van der Waals surface area contributed by atoms with Crippen molar-refractivity contribution in [1.29, 1.82) is 0 Å². The number of hydrogen-bond acceptors (Lipinski definition) is 5. The Balaban J connectivity index is 2.60. The van der Waals surface area contributed by atoms with Crippen molar-refractivity contribution >= 4 is 17.6 Å². The van der Waals surface area contributed by atoms with Crippen molar-refractivity contribution in [3.63, 3.8) is 0 Å². The third kappa shape index (κ3) is 5.19. The van der Waals surface area contributed by atoms with E-state index in [0.29, 0.717) is 12.0 Å². The number of hydrogen-bond donors (Lipinski definition) is 2. The predicted molar refractivity (Wildman–Crippen MR) is 73.3 cm³/mol. The van der Waals surface area contributed by atoms with Crippen LogP contribution in [0.4, 0.5) is 5.69 Å². The van der Waals surface area contributed by atoms with Crippen molar-refractivity contribution < 1.29 is 24.4 Å². The molecule has 1 rings (SSSR count). The van der Waals surface area contributed by atoms with Crippen LogP contribution in [0, 0.1) is 10.1 Å². The maximum absolute atomic E-state index is 11.8. The molecule has 0 saturated carbocycles. The number of nitro groups is 1. The number of carboxylic acids is 1. The summed E-state index contributed by atoms with van der Waals surface area (Å²) in [6, 6.07) is 4.29. The number of aryl methyl sites for hydroxylation is 1. The number of nitrogens with zero attached hydrogens (tertiary/aromatic N) is 1. The number of carboxylic acid groups (broad SMARTS) is 1. The lowest BCUT2D eigenvalue weighted by Crippen LogP contribution is -2.28. The highest BCUT2D eigenvalue weighted by Gasteiger charge is 2.16. The van der Waals surface area contributed by atoms with Gasteiger partial charge in [-0.2, -0.15) is 0 Å². The van der Waals surface area contributed by atoms with E-state index >= 15 is 0 Å². The van der Waals surface area contributed by atoms with E-state index in [2.05, 4.69) is 5.32 Å². The zero-order valence-corrected chi connectivity index (χ0v) is 11.5. The minimum Gasteiger partial charge on any atom is -0.480 e. The first-order valence-corrected chi connectivity index (χ1v) is 6.30. The van der Waals surface area contributed by atoms with E-state index in [1.807, 2.05) is 0 Å². The van der Waals surface area contributed by atoms with Crippen LogP contribution in [0.2, 0.25) is 0 Å². The SMILES string of the molecule is CCc1ccc(C(=O)NCCOCC(=O)O)cc1[N+](=O)[O-]. The van der Waals surface area contributed by atoms with Crippen LogP contribution in [-0.2, 0) is 16.0 Å². The summed E-state index contributed by atoms with van der Waals surface area (Å²) in [6.07, 6.45) is 0.501. The van der Waals surface area contributed by atoms with Crippen LogP contribution in [0.5, 0.6) is 0 Å². The van der Waals surface area contributed by atoms with Gasteiger partial charge in [-0.15, -0.1) is 0 Å². The Kier molecular flexibility index (Phi) is 6.28. The quantitative estimate of drug-likeness (QED) is 0.419. The van der Waals surface area contributed by atoms with E-state index in [1.165, 1.54) is 12.1 Å². The third-order valence-electron chi connectivity index (χ3n) is 2.68. The van der Waals surface area contributed by atoms with Crippen molar-refractivity contribution in [2.45, 2.75) is 13.3 Å². The largest absolute Gasteiger partial charge is 0.480 e. The third-order valence-corrected chi connectivity index (χ3v) is 2.68. The van der Waals surface area contributed by atoms with Gasteiger partial charge in [-0.3, -0.25) is 14.9 Å². The first kappa shape index (κ1) is 16.6. The molecule has 21 heavy (non-hydrogen) atoms. The van der Waals surface area contributed by atoms with E-state index in [-0.39, 0.29) is 24.4 Å². The summed E-state index contributed by atoms with van der Waals surface area (Å²) in [5.74, 6) is -1.56. The molecule has 0 radical (unpaired) electrons.